The Bertz CT molecular complexity index is 802. The van der Waals surface area contributed by atoms with Crippen LogP contribution in [0.4, 0.5) is 0 Å². The van der Waals surface area contributed by atoms with Crippen LogP contribution >= 0.6 is 0 Å². The molecule has 1 aliphatic carbocycles. The van der Waals surface area contributed by atoms with Crippen LogP contribution < -0.4 is 4.74 Å². The molecule has 0 spiro atoms. The Morgan fingerprint density at radius 1 is 1.15 bits per heavy atom. The van der Waals surface area contributed by atoms with Gasteiger partial charge in [0, 0.05) is 36.7 Å². The summed E-state index contributed by atoms with van der Waals surface area (Å²) in [6.45, 7) is 1.65. The van der Waals surface area contributed by atoms with Gasteiger partial charge in [-0.25, -0.2) is 4.98 Å². The van der Waals surface area contributed by atoms with E-state index in [1.807, 2.05) is 30.5 Å². The van der Waals surface area contributed by atoms with E-state index >= 15 is 0 Å². The molecule has 5 nitrogen and oxygen atoms in total. The number of hydrogen-bond acceptors (Lipinski definition) is 4. The van der Waals surface area contributed by atoms with Gasteiger partial charge in [-0.15, -0.1) is 0 Å². The van der Waals surface area contributed by atoms with Crippen LogP contribution in [0.3, 0.4) is 0 Å². The number of piperidine rings is 1. The molecule has 1 amide bonds. The van der Waals surface area contributed by atoms with Crippen molar-refractivity contribution in [3.05, 3.63) is 42.4 Å². The van der Waals surface area contributed by atoms with Gasteiger partial charge >= 0.3 is 0 Å². The summed E-state index contributed by atoms with van der Waals surface area (Å²) < 4.78 is 5.32. The van der Waals surface area contributed by atoms with Gasteiger partial charge in [0.2, 0.25) is 5.91 Å². The highest BCUT2D eigenvalue weighted by Gasteiger charge is 2.31. The van der Waals surface area contributed by atoms with Crippen LogP contribution in [0.1, 0.15) is 50.1 Å². The van der Waals surface area contributed by atoms with E-state index in [9.17, 15) is 4.79 Å². The van der Waals surface area contributed by atoms with Crippen molar-refractivity contribution < 1.29 is 9.53 Å². The molecule has 0 N–H and O–H groups in total. The van der Waals surface area contributed by atoms with Crippen LogP contribution in [0.5, 0.6) is 5.75 Å². The van der Waals surface area contributed by atoms with Gasteiger partial charge in [-0.05, 0) is 37.8 Å². The minimum atomic E-state index is 0.248. The highest BCUT2D eigenvalue weighted by Crippen LogP contribution is 2.31. The van der Waals surface area contributed by atoms with Crippen LogP contribution in [0.15, 0.2) is 36.7 Å². The van der Waals surface area contributed by atoms with Crippen LogP contribution in [0.25, 0.3) is 11.3 Å². The van der Waals surface area contributed by atoms with Crippen LogP contribution in [-0.4, -0.2) is 41.0 Å². The number of aromatic nitrogens is 2. The third kappa shape index (κ3) is 3.97. The van der Waals surface area contributed by atoms with Crippen molar-refractivity contribution in [2.75, 3.05) is 20.2 Å². The number of methoxy groups -OCH3 is 1. The van der Waals surface area contributed by atoms with Crippen molar-refractivity contribution in [2.24, 2.45) is 5.92 Å². The highest BCUT2D eigenvalue weighted by atomic mass is 16.5. The third-order valence-corrected chi connectivity index (χ3v) is 5.87. The van der Waals surface area contributed by atoms with Crippen molar-refractivity contribution in [3.63, 3.8) is 0 Å². The molecular weight excluding hydrogens is 338 g/mol. The molecule has 1 atom stereocenters. The highest BCUT2D eigenvalue weighted by molar-refractivity contribution is 5.79. The van der Waals surface area contributed by atoms with Gasteiger partial charge in [0.15, 0.2) is 0 Å². The summed E-state index contributed by atoms with van der Waals surface area (Å²) in [6.07, 6.45) is 10.3. The number of benzene rings is 1. The predicted octanol–water partition coefficient (Wildman–Crippen LogP) is 4.05. The molecular formula is C22H27N3O2. The molecule has 1 aliphatic heterocycles. The Kier molecular flexibility index (Phi) is 5.37. The Morgan fingerprint density at radius 3 is 2.81 bits per heavy atom. The van der Waals surface area contributed by atoms with E-state index in [0.29, 0.717) is 5.91 Å². The molecule has 0 bridgehead atoms. The monoisotopic (exact) mass is 365 g/mol. The first-order chi connectivity index (χ1) is 13.2. The van der Waals surface area contributed by atoms with Crippen LogP contribution in [0, 0.1) is 5.92 Å². The zero-order valence-electron chi connectivity index (χ0n) is 15.9. The minimum absolute atomic E-state index is 0.248. The Balaban J connectivity index is 1.51. The fourth-order valence-corrected chi connectivity index (χ4v) is 4.35. The fourth-order valence-electron chi connectivity index (χ4n) is 4.35. The average Bonchev–Trinajstić information content (AvgIpc) is 3.28. The van der Waals surface area contributed by atoms with Gasteiger partial charge in [0.25, 0.3) is 0 Å². The van der Waals surface area contributed by atoms with Gasteiger partial charge in [-0.3, -0.25) is 9.78 Å². The molecule has 27 heavy (non-hydrogen) atoms. The minimum Gasteiger partial charge on any atom is -0.497 e. The SMILES string of the molecule is COc1cccc(-c2cncc(C3CCCN(C(=O)C4CCCC4)C3)n2)c1. The summed E-state index contributed by atoms with van der Waals surface area (Å²) >= 11 is 0. The number of amides is 1. The molecule has 1 saturated carbocycles. The lowest BCUT2D eigenvalue weighted by atomic mass is 9.93. The number of carbonyl (C=O) groups excluding carboxylic acids is 1. The van der Waals surface area contributed by atoms with Gasteiger partial charge in [0.05, 0.1) is 24.7 Å². The summed E-state index contributed by atoms with van der Waals surface area (Å²) in [6, 6.07) is 7.89. The molecule has 0 radical (unpaired) electrons. The Morgan fingerprint density at radius 2 is 2.00 bits per heavy atom. The topological polar surface area (TPSA) is 55.3 Å². The standard InChI is InChI=1S/C22H27N3O2/c1-27-19-10-4-8-17(12-19)20-13-23-14-21(24-20)18-9-5-11-25(15-18)22(26)16-6-2-3-7-16/h4,8,10,12-14,16,18H,2-3,5-7,9,11,15H2,1H3. The molecule has 4 rings (SSSR count). The molecule has 2 fully saturated rings. The number of likely N-dealkylation sites (tertiary alicyclic amines) is 1. The van der Waals surface area contributed by atoms with E-state index < -0.39 is 0 Å². The number of hydrogen-bond donors (Lipinski definition) is 0. The molecule has 1 aromatic carbocycles. The van der Waals surface area contributed by atoms with Gasteiger partial charge in [-0.1, -0.05) is 25.0 Å². The first-order valence-corrected chi connectivity index (χ1v) is 10.00. The fraction of sp³-hybridized carbons (Fsp3) is 0.500. The number of carbonyl (C=O) groups is 1. The van der Waals surface area contributed by atoms with Gasteiger partial charge in [0.1, 0.15) is 5.75 Å². The smallest absolute Gasteiger partial charge is 0.225 e. The maximum absolute atomic E-state index is 12.8. The second-order valence-corrected chi connectivity index (χ2v) is 7.67. The molecule has 142 valence electrons. The van der Waals surface area contributed by atoms with Crippen molar-refractivity contribution in [1.82, 2.24) is 14.9 Å². The van der Waals surface area contributed by atoms with Crippen LogP contribution in [0.2, 0.25) is 0 Å². The Hall–Kier alpha value is -2.43. The molecule has 2 aromatic rings. The first-order valence-electron chi connectivity index (χ1n) is 10.00. The van der Waals surface area contributed by atoms with E-state index in [2.05, 4.69) is 9.88 Å². The third-order valence-electron chi connectivity index (χ3n) is 5.87. The van der Waals surface area contributed by atoms with Gasteiger partial charge in [-0.2, -0.15) is 0 Å². The zero-order valence-corrected chi connectivity index (χ0v) is 15.9. The maximum atomic E-state index is 12.8. The summed E-state index contributed by atoms with van der Waals surface area (Å²) in [5.74, 6) is 1.68. The van der Waals surface area contributed by atoms with E-state index in [1.54, 1.807) is 13.3 Å². The Labute approximate surface area is 160 Å². The van der Waals surface area contributed by atoms with Crippen molar-refractivity contribution in [3.8, 4) is 17.0 Å². The van der Waals surface area contributed by atoms with E-state index in [1.165, 1.54) is 12.8 Å². The largest absolute Gasteiger partial charge is 0.497 e. The van der Waals surface area contributed by atoms with E-state index in [0.717, 1.165) is 61.5 Å². The quantitative estimate of drug-likeness (QED) is 0.820. The summed E-state index contributed by atoms with van der Waals surface area (Å²) in [5, 5.41) is 0. The van der Waals surface area contributed by atoms with Crippen molar-refractivity contribution in [1.29, 1.82) is 0 Å². The number of rotatable bonds is 4. The molecule has 1 unspecified atom stereocenters. The lowest BCUT2D eigenvalue weighted by molar-refractivity contribution is -0.136. The van der Waals surface area contributed by atoms with E-state index in [4.69, 9.17) is 9.72 Å². The van der Waals surface area contributed by atoms with Crippen molar-refractivity contribution >= 4 is 5.91 Å². The normalized spacial score (nSPS) is 20.6. The van der Waals surface area contributed by atoms with E-state index in [-0.39, 0.29) is 11.8 Å². The zero-order chi connectivity index (χ0) is 18.6. The molecule has 1 saturated heterocycles. The molecule has 5 heteroatoms. The van der Waals surface area contributed by atoms with Gasteiger partial charge < -0.3 is 9.64 Å². The maximum Gasteiger partial charge on any atom is 0.225 e. The lowest BCUT2D eigenvalue weighted by Gasteiger charge is -2.34. The second kappa shape index (κ2) is 8.07. The van der Waals surface area contributed by atoms with Crippen LogP contribution in [-0.2, 0) is 4.79 Å². The van der Waals surface area contributed by atoms with Crippen molar-refractivity contribution in [2.45, 2.75) is 44.4 Å². The summed E-state index contributed by atoms with van der Waals surface area (Å²) in [7, 11) is 1.67. The molecule has 2 heterocycles. The number of ether oxygens (including phenoxy) is 1. The summed E-state index contributed by atoms with van der Waals surface area (Å²) in [5.41, 5.74) is 2.84. The average molecular weight is 365 g/mol. The number of nitrogens with zero attached hydrogens (tertiary/aromatic N) is 3. The second-order valence-electron chi connectivity index (χ2n) is 7.67. The molecule has 2 aliphatic rings. The predicted molar refractivity (Wildman–Crippen MR) is 105 cm³/mol. The molecule has 1 aromatic heterocycles. The summed E-state index contributed by atoms with van der Waals surface area (Å²) in [4.78, 5) is 24.2. The first kappa shape index (κ1) is 18.0. The lowest BCUT2D eigenvalue weighted by Crippen LogP contribution is -2.42.